The Labute approximate surface area is 172 Å². The van der Waals surface area contributed by atoms with E-state index in [0.29, 0.717) is 30.2 Å². The number of carbonyl (C=O) groups is 1. The highest BCUT2D eigenvalue weighted by molar-refractivity contribution is 5.80. The molecule has 0 aromatic heterocycles. The predicted molar refractivity (Wildman–Crippen MR) is 112 cm³/mol. The normalized spacial score (nSPS) is 11.2. The Hall–Kier alpha value is -3.17. The lowest BCUT2D eigenvalue weighted by Gasteiger charge is -2.16. The van der Waals surface area contributed by atoms with Gasteiger partial charge in [0.25, 0.3) is 5.91 Å². The zero-order valence-electron chi connectivity index (χ0n) is 17.1. The Morgan fingerprint density at radius 3 is 2.52 bits per heavy atom. The van der Waals surface area contributed by atoms with Crippen LogP contribution in [-0.4, -0.2) is 46.0 Å². The summed E-state index contributed by atoms with van der Waals surface area (Å²) >= 11 is 0. The maximum absolute atomic E-state index is 12.4. The lowest BCUT2D eigenvalue weighted by molar-refractivity contribution is -0.132. The summed E-state index contributed by atoms with van der Waals surface area (Å²) in [4.78, 5) is 12.4. The highest BCUT2D eigenvalue weighted by atomic mass is 16.5. The first-order valence-corrected chi connectivity index (χ1v) is 9.30. The SMILES string of the molecule is C#CCOc1ccc(CCNC(=O)[C@H](COc2ccc(C)cc2)OC)cc1OC. The van der Waals surface area contributed by atoms with Gasteiger partial charge in [0.1, 0.15) is 19.0 Å². The molecule has 0 unspecified atom stereocenters. The summed E-state index contributed by atoms with van der Waals surface area (Å²) in [6, 6.07) is 13.2. The zero-order valence-corrected chi connectivity index (χ0v) is 17.1. The van der Waals surface area contributed by atoms with Crippen molar-refractivity contribution in [3.63, 3.8) is 0 Å². The third-order valence-corrected chi connectivity index (χ3v) is 4.25. The molecule has 6 heteroatoms. The van der Waals surface area contributed by atoms with Gasteiger partial charge in [0.2, 0.25) is 0 Å². The van der Waals surface area contributed by atoms with E-state index in [-0.39, 0.29) is 19.1 Å². The van der Waals surface area contributed by atoms with E-state index in [0.717, 1.165) is 11.1 Å². The van der Waals surface area contributed by atoms with E-state index in [1.165, 1.54) is 7.11 Å². The minimum atomic E-state index is -0.689. The number of ether oxygens (including phenoxy) is 4. The molecule has 2 rings (SSSR count). The number of terminal acetylenes is 1. The number of aryl methyl sites for hydroxylation is 1. The van der Waals surface area contributed by atoms with Gasteiger partial charge in [-0.05, 0) is 43.2 Å². The largest absolute Gasteiger partial charge is 0.493 e. The highest BCUT2D eigenvalue weighted by Crippen LogP contribution is 2.28. The average molecular weight is 397 g/mol. The Balaban J connectivity index is 1.82. The first kappa shape index (κ1) is 22.1. The molecule has 0 bridgehead atoms. The van der Waals surface area contributed by atoms with Gasteiger partial charge >= 0.3 is 0 Å². The monoisotopic (exact) mass is 397 g/mol. The smallest absolute Gasteiger partial charge is 0.252 e. The molecule has 1 N–H and O–H groups in total. The molecule has 0 aliphatic carbocycles. The van der Waals surface area contributed by atoms with Crippen molar-refractivity contribution < 1.29 is 23.7 Å². The van der Waals surface area contributed by atoms with Crippen LogP contribution in [0.3, 0.4) is 0 Å². The molecule has 154 valence electrons. The molecule has 0 fully saturated rings. The van der Waals surface area contributed by atoms with Crippen LogP contribution >= 0.6 is 0 Å². The lowest BCUT2D eigenvalue weighted by Crippen LogP contribution is -2.40. The molecule has 0 aliphatic rings. The van der Waals surface area contributed by atoms with Gasteiger partial charge < -0.3 is 24.3 Å². The molecule has 0 spiro atoms. The maximum atomic E-state index is 12.4. The predicted octanol–water partition coefficient (Wildman–Crippen LogP) is 2.77. The van der Waals surface area contributed by atoms with E-state index in [1.54, 1.807) is 13.2 Å². The Morgan fingerprint density at radius 2 is 1.86 bits per heavy atom. The van der Waals surface area contributed by atoms with Crippen molar-refractivity contribution in [2.75, 3.05) is 34.0 Å². The summed E-state index contributed by atoms with van der Waals surface area (Å²) in [7, 11) is 3.06. The van der Waals surface area contributed by atoms with Crippen molar-refractivity contribution in [1.29, 1.82) is 0 Å². The summed E-state index contributed by atoms with van der Waals surface area (Å²) < 4.78 is 21.7. The van der Waals surface area contributed by atoms with Crippen LogP contribution in [0.25, 0.3) is 0 Å². The number of methoxy groups -OCH3 is 2. The van der Waals surface area contributed by atoms with E-state index in [1.807, 2.05) is 43.3 Å². The van der Waals surface area contributed by atoms with Crippen LogP contribution < -0.4 is 19.5 Å². The van der Waals surface area contributed by atoms with Crippen molar-refractivity contribution in [3.05, 3.63) is 53.6 Å². The Bertz CT molecular complexity index is 826. The van der Waals surface area contributed by atoms with Crippen molar-refractivity contribution in [1.82, 2.24) is 5.32 Å². The zero-order chi connectivity index (χ0) is 21.1. The number of hydrogen-bond donors (Lipinski definition) is 1. The van der Waals surface area contributed by atoms with E-state index < -0.39 is 6.10 Å². The van der Waals surface area contributed by atoms with Crippen LogP contribution in [0.2, 0.25) is 0 Å². The van der Waals surface area contributed by atoms with Gasteiger partial charge in [0, 0.05) is 13.7 Å². The van der Waals surface area contributed by atoms with Crippen LogP contribution in [0.1, 0.15) is 11.1 Å². The molecule has 2 aromatic carbocycles. The Morgan fingerprint density at radius 1 is 1.10 bits per heavy atom. The standard InChI is InChI=1S/C23H27NO5/c1-5-14-28-20-11-8-18(15-21(20)26-3)12-13-24-23(25)22(27-4)16-29-19-9-6-17(2)7-10-19/h1,6-11,15,22H,12-14,16H2,2-4H3,(H,24,25)/t22-/m0/s1. The first-order chi connectivity index (χ1) is 14.1. The molecule has 1 amide bonds. The van der Waals surface area contributed by atoms with Crippen LogP contribution in [0.15, 0.2) is 42.5 Å². The number of hydrogen-bond acceptors (Lipinski definition) is 5. The third kappa shape index (κ3) is 7.05. The van der Waals surface area contributed by atoms with Gasteiger partial charge in [0.05, 0.1) is 7.11 Å². The molecule has 6 nitrogen and oxygen atoms in total. The van der Waals surface area contributed by atoms with Gasteiger partial charge in [-0.3, -0.25) is 4.79 Å². The lowest BCUT2D eigenvalue weighted by atomic mass is 10.1. The molecule has 29 heavy (non-hydrogen) atoms. The summed E-state index contributed by atoms with van der Waals surface area (Å²) in [6.07, 6.45) is 5.16. The van der Waals surface area contributed by atoms with Gasteiger partial charge in [0.15, 0.2) is 17.6 Å². The second-order valence-electron chi connectivity index (χ2n) is 6.37. The Kier molecular flexibility index (Phi) is 8.87. The van der Waals surface area contributed by atoms with Crippen molar-refractivity contribution in [2.24, 2.45) is 0 Å². The minimum Gasteiger partial charge on any atom is -0.493 e. The third-order valence-electron chi connectivity index (χ3n) is 4.25. The molecule has 0 aliphatic heterocycles. The average Bonchev–Trinajstić information content (AvgIpc) is 2.74. The molecular weight excluding hydrogens is 370 g/mol. The molecule has 1 atom stereocenters. The van der Waals surface area contributed by atoms with E-state index in [4.69, 9.17) is 25.4 Å². The molecular formula is C23H27NO5. The first-order valence-electron chi connectivity index (χ1n) is 9.30. The van der Waals surface area contributed by atoms with E-state index in [9.17, 15) is 4.79 Å². The number of rotatable bonds is 11. The molecule has 2 aromatic rings. The van der Waals surface area contributed by atoms with Gasteiger partial charge in [-0.1, -0.05) is 29.7 Å². The van der Waals surface area contributed by atoms with Crippen LogP contribution in [0.5, 0.6) is 17.2 Å². The number of carbonyl (C=O) groups excluding carboxylic acids is 1. The fourth-order valence-corrected chi connectivity index (χ4v) is 2.61. The van der Waals surface area contributed by atoms with Crippen LogP contribution in [-0.2, 0) is 16.0 Å². The molecule has 0 saturated carbocycles. The van der Waals surface area contributed by atoms with E-state index >= 15 is 0 Å². The number of benzene rings is 2. The minimum absolute atomic E-state index is 0.139. The van der Waals surface area contributed by atoms with Gasteiger partial charge in [-0.25, -0.2) is 0 Å². The quantitative estimate of drug-likeness (QED) is 0.591. The topological polar surface area (TPSA) is 66.0 Å². The van der Waals surface area contributed by atoms with Crippen LogP contribution in [0.4, 0.5) is 0 Å². The highest BCUT2D eigenvalue weighted by Gasteiger charge is 2.18. The fourth-order valence-electron chi connectivity index (χ4n) is 2.61. The van der Waals surface area contributed by atoms with Crippen molar-refractivity contribution in [2.45, 2.75) is 19.4 Å². The van der Waals surface area contributed by atoms with Crippen LogP contribution in [0, 0.1) is 19.3 Å². The number of amides is 1. The second-order valence-corrected chi connectivity index (χ2v) is 6.37. The summed E-state index contributed by atoms with van der Waals surface area (Å²) in [6.45, 7) is 2.77. The van der Waals surface area contributed by atoms with Gasteiger partial charge in [-0.2, -0.15) is 0 Å². The van der Waals surface area contributed by atoms with Gasteiger partial charge in [-0.15, -0.1) is 6.42 Å². The fraction of sp³-hybridized carbons (Fsp3) is 0.348. The number of nitrogens with one attached hydrogen (secondary N) is 1. The summed E-state index contributed by atoms with van der Waals surface area (Å²) in [5.74, 6) is 4.09. The molecule has 0 radical (unpaired) electrons. The van der Waals surface area contributed by atoms with E-state index in [2.05, 4.69) is 11.2 Å². The van der Waals surface area contributed by atoms with Crippen molar-refractivity contribution in [3.8, 4) is 29.6 Å². The molecule has 0 heterocycles. The van der Waals surface area contributed by atoms with Crippen molar-refractivity contribution >= 4 is 5.91 Å². The second kappa shape index (κ2) is 11.6. The molecule has 0 saturated heterocycles. The maximum Gasteiger partial charge on any atom is 0.252 e. The summed E-state index contributed by atoms with van der Waals surface area (Å²) in [5.41, 5.74) is 2.14. The summed E-state index contributed by atoms with van der Waals surface area (Å²) in [5, 5.41) is 2.87.